The quantitative estimate of drug-likeness (QED) is 0.938. The van der Waals surface area contributed by atoms with Gasteiger partial charge in [0.15, 0.2) is 0 Å². The number of H-pyrrole nitrogens is 1. The maximum absolute atomic E-state index is 12.6. The first kappa shape index (κ1) is 12.6. The summed E-state index contributed by atoms with van der Waals surface area (Å²) >= 11 is 0. The van der Waals surface area contributed by atoms with Crippen molar-refractivity contribution in [3.8, 4) is 11.3 Å². The minimum absolute atomic E-state index is 0.0195. The number of carbonyl (C=O) groups is 1. The molecule has 2 bridgehead atoms. The van der Waals surface area contributed by atoms with Crippen molar-refractivity contribution >= 4 is 5.91 Å². The van der Waals surface area contributed by atoms with Crippen LogP contribution < -0.4 is 0 Å². The van der Waals surface area contributed by atoms with Gasteiger partial charge < -0.3 is 9.64 Å². The molecule has 2 saturated heterocycles. The van der Waals surface area contributed by atoms with Gasteiger partial charge in [-0.1, -0.05) is 30.3 Å². The van der Waals surface area contributed by atoms with Crippen LogP contribution in [0.25, 0.3) is 11.3 Å². The number of hydrogen-bond donors (Lipinski definition) is 1. The number of fused-ring (bicyclic) bond motifs is 1. The van der Waals surface area contributed by atoms with Crippen LogP contribution in [-0.4, -0.2) is 46.3 Å². The predicted octanol–water partition coefficient (Wildman–Crippen LogP) is 2.08. The van der Waals surface area contributed by atoms with E-state index in [1.165, 1.54) is 0 Å². The molecule has 1 aromatic heterocycles. The number of aromatic amines is 1. The summed E-state index contributed by atoms with van der Waals surface area (Å²) in [6.45, 7) is 0.687. The van der Waals surface area contributed by atoms with Gasteiger partial charge in [-0.15, -0.1) is 0 Å². The van der Waals surface area contributed by atoms with Crippen LogP contribution in [0.4, 0.5) is 0 Å². The van der Waals surface area contributed by atoms with Crippen molar-refractivity contribution in [1.29, 1.82) is 0 Å². The van der Waals surface area contributed by atoms with Gasteiger partial charge >= 0.3 is 0 Å². The van der Waals surface area contributed by atoms with Crippen LogP contribution in [-0.2, 0) is 4.74 Å². The van der Waals surface area contributed by atoms with Gasteiger partial charge in [0.05, 0.1) is 17.8 Å². The van der Waals surface area contributed by atoms with Crippen LogP contribution in [0.3, 0.4) is 0 Å². The van der Waals surface area contributed by atoms with Crippen LogP contribution in [0.2, 0.25) is 0 Å². The summed E-state index contributed by atoms with van der Waals surface area (Å²) in [5.41, 5.74) is 2.26. The molecule has 21 heavy (non-hydrogen) atoms. The number of rotatable bonds is 3. The average molecular weight is 283 g/mol. The lowest BCUT2D eigenvalue weighted by molar-refractivity contribution is -0.0365. The number of nitrogens with zero attached hydrogens (tertiary/aromatic N) is 2. The molecule has 1 saturated carbocycles. The second-order valence-corrected chi connectivity index (χ2v) is 5.92. The molecule has 0 unspecified atom stereocenters. The third-order valence-corrected chi connectivity index (χ3v) is 4.69. The van der Waals surface area contributed by atoms with Crippen molar-refractivity contribution in [2.75, 3.05) is 13.7 Å². The third-order valence-electron chi connectivity index (χ3n) is 4.69. The lowest BCUT2D eigenvalue weighted by atomic mass is 9.81. The van der Waals surface area contributed by atoms with Gasteiger partial charge in [-0.3, -0.25) is 9.89 Å². The smallest absolute Gasteiger partial charge is 0.272 e. The standard InChI is InChI=1S/C16H17N3O2/c1-21-16-8-12(9-16)19(10-16)15(20)14-7-13(17-18-14)11-5-3-2-4-6-11/h2-7,12H,8-10H2,1H3,(H,17,18). The number of amides is 1. The van der Waals surface area contributed by atoms with Gasteiger partial charge in [0.25, 0.3) is 5.91 Å². The number of carbonyl (C=O) groups excluding carboxylic acids is 1. The molecule has 5 nitrogen and oxygen atoms in total. The van der Waals surface area contributed by atoms with Crippen LogP contribution >= 0.6 is 0 Å². The third kappa shape index (κ3) is 1.88. The molecular formula is C16H17N3O2. The number of aromatic nitrogens is 2. The second-order valence-electron chi connectivity index (χ2n) is 5.92. The van der Waals surface area contributed by atoms with Crippen molar-refractivity contribution in [2.45, 2.75) is 24.5 Å². The number of methoxy groups -OCH3 is 1. The Morgan fingerprint density at radius 2 is 2.14 bits per heavy atom. The van der Waals surface area contributed by atoms with Crippen molar-refractivity contribution in [2.24, 2.45) is 0 Å². The van der Waals surface area contributed by atoms with Gasteiger partial charge in [-0.05, 0) is 18.9 Å². The predicted molar refractivity (Wildman–Crippen MR) is 77.8 cm³/mol. The Labute approximate surface area is 122 Å². The number of ether oxygens (including phenoxy) is 1. The molecule has 3 fully saturated rings. The van der Waals surface area contributed by atoms with Crippen molar-refractivity contribution in [3.63, 3.8) is 0 Å². The van der Waals surface area contributed by atoms with E-state index in [0.29, 0.717) is 18.3 Å². The van der Waals surface area contributed by atoms with E-state index in [4.69, 9.17) is 4.74 Å². The highest BCUT2D eigenvalue weighted by atomic mass is 16.5. The number of nitrogens with one attached hydrogen (secondary N) is 1. The van der Waals surface area contributed by atoms with E-state index in [2.05, 4.69) is 10.2 Å². The molecule has 2 aliphatic heterocycles. The van der Waals surface area contributed by atoms with Gasteiger partial charge in [-0.2, -0.15) is 5.10 Å². The molecule has 0 spiro atoms. The minimum atomic E-state index is -0.0946. The average Bonchev–Trinajstić information content (AvgIpc) is 3.19. The molecule has 2 aromatic rings. The fourth-order valence-corrected chi connectivity index (χ4v) is 3.40. The Morgan fingerprint density at radius 1 is 1.38 bits per heavy atom. The Bertz CT molecular complexity index is 674. The summed E-state index contributed by atoms with van der Waals surface area (Å²) in [6, 6.07) is 12.0. The summed E-state index contributed by atoms with van der Waals surface area (Å²) in [4.78, 5) is 14.5. The first-order valence-electron chi connectivity index (χ1n) is 7.18. The maximum atomic E-state index is 12.6. The van der Waals surface area contributed by atoms with Gasteiger partial charge in [0.1, 0.15) is 5.69 Å². The lowest BCUT2D eigenvalue weighted by Crippen LogP contribution is -2.42. The van der Waals surface area contributed by atoms with Crippen LogP contribution in [0.5, 0.6) is 0 Å². The molecule has 108 valence electrons. The highest BCUT2D eigenvalue weighted by molar-refractivity contribution is 5.94. The maximum Gasteiger partial charge on any atom is 0.272 e. The largest absolute Gasteiger partial charge is 0.376 e. The summed E-state index contributed by atoms with van der Waals surface area (Å²) < 4.78 is 5.54. The molecule has 3 aliphatic rings. The van der Waals surface area contributed by atoms with Gasteiger partial charge in [-0.25, -0.2) is 0 Å². The molecule has 3 heterocycles. The van der Waals surface area contributed by atoms with Gasteiger partial charge in [0.2, 0.25) is 0 Å². The first-order chi connectivity index (χ1) is 10.2. The summed E-state index contributed by atoms with van der Waals surface area (Å²) in [7, 11) is 1.73. The zero-order chi connectivity index (χ0) is 14.4. The van der Waals surface area contributed by atoms with E-state index in [0.717, 1.165) is 24.1 Å². The topological polar surface area (TPSA) is 58.2 Å². The SMILES string of the molecule is COC12CC(C1)N(C(=O)c1cc(-c3ccccc3)n[nH]1)C2. The van der Waals surface area contributed by atoms with E-state index in [1.807, 2.05) is 41.3 Å². The van der Waals surface area contributed by atoms with Gasteiger partial charge in [0, 0.05) is 18.7 Å². The number of hydrogen-bond acceptors (Lipinski definition) is 3. The molecular weight excluding hydrogens is 266 g/mol. The molecule has 5 rings (SSSR count). The van der Waals surface area contributed by atoms with E-state index >= 15 is 0 Å². The van der Waals surface area contributed by atoms with Crippen molar-refractivity contribution in [3.05, 3.63) is 42.1 Å². The normalized spacial score (nSPS) is 26.7. The molecule has 0 radical (unpaired) electrons. The molecule has 1 aromatic carbocycles. The second kappa shape index (κ2) is 4.43. The summed E-state index contributed by atoms with van der Waals surface area (Å²) in [5, 5.41) is 7.12. The van der Waals surface area contributed by atoms with E-state index < -0.39 is 0 Å². The van der Waals surface area contributed by atoms with Crippen LogP contribution in [0, 0.1) is 0 Å². The highest BCUT2D eigenvalue weighted by Gasteiger charge is 2.57. The zero-order valence-corrected chi connectivity index (χ0v) is 11.9. The van der Waals surface area contributed by atoms with Crippen molar-refractivity contribution < 1.29 is 9.53 Å². The zero-order valence-electron chi connectivity index (χ0n) is 11.9. The molecule has 1 aliphatic carbocycles. The molecule has 1 amide bonds. The first-order valence-corrected chi connectivity index (χ1v) is 7.18. The fraction of sp³-hybridized carbons (Fsp3) is 0.375. The Balaban J connectivity index is 1.55. The van der Waals surface area contributed by atoms with E-state index in [1.54, 1.807) is 7.11 Å². The fourth-order valence-electron chi connectivity index (χ4n) is 3.40. The molecule has 0 atom stereocenters. The molecule has 5 heteroatoms. The van der Waals surface area contributed by atoms with E-state index in [-0.39, 0.29) is 11.5 Å². The number of benzene rings is 1. The Hall–Kier alpha value is -2.14. The minimum Gasteiger partial charge on any atom is -0.376 e. The molecule has 1 N–H and O–H groups in total. The Kier molecular flexibility index (Phi) is 2.65. The monoisotopic (exact) mass is 283 g/mol. The lowest BCUT2D eigenvalue weighted by Gasteiger charge is -2.35. The van der Waals surface area contributed by atoms with Crippen LogP contribution in [0.15, 0.2) is 36.4 Å². The highest BCUT2D eigenvalue weighted by Crippen LogP contribution is 2.47. The summed E-state index contributed by atoms with van der Waals surface area (Å²) in [6.07, 6.45) is 1.91. The van der Waals surface area contributed by atoms with E-state index in [9.17, 15) is 4.79 Å². The van der Waals surface area contributed by atoms with Crippen LogP contribution in [0.1, 0.15) is 23.3 Å². The van der Waals surface area contributed by atoms with Crippen molar-refractivity contribution in [1.82, 2.24) is 15.1 Å². The summed E-state index contributed by atoms with van der Waals surface area (Å²) in [5.74, 6) is 0.0195. The Morgan fingerprint density at radius 3 is 2.81 bits per heavy atom.